The fraction of sp³-hybridized carbons (Fsp3) is 0.694. The second-order valence-corrected chi connectivity index (χ2v) is 16.7. The molecule has 0 spiro atoms. The molecule has 9 atom stereocenters. The zero-order valence-electron chi connectivity index (χ0n) is 26.2. The Morgan fingerprint density at radius 1 is 0.929 bits per heavy atom. The summed E-state index contributed by atoms with van der Waals surface area (Å²) in [5, 5.41) is 4.65. The topological polar surface area (TPSA) is 75.3 Å². The average Bonchev–Trinajstić information content (AvgIpc) is 3.33. The Morgan fingerprint density at radius 3 is 2.48 bits per heavy atom. The van der Waals surface area contributed by atoms with Crippen molar-refractivity contribution in [2.24, 2.45) is 52.3 Å². The third-order valence-electron chi connectivity index (χ3n) is 13.2. The van der Waals surface area contributed by atoms with Crippen molar-refractivity contribution in [1.82, 2.24) is 10.0 Å². The van der Waals surface area contributed by atoms with E-state index in [2.05, 4.69) is 37.7 Å². The Labute approximate surface area is 254 Å². The van der Waals surface area contributed by atoms with E-state index in [1.165, 1.54) is 64.2 Å². The molecule has 6 heteroatoms. The third kappa shape index (κ3) is 5.18. The summed E-state index contributed by atoms with van der Waals surface area (Å²) >= 11 is 0. The number of sulfonamides is 1. The molecular weight excluding hydrogens is 540 g/mol. The molecule has 4 aliphatic carbocycles. The molecule has 2 aromatic carbocycles. The van der Waals surface area contributed by atoms with Gasteiger partial charge in [0, 0.05) is 6.54 Å². The van der Waals surface area contributed by atoms with Gasteiger partial charge in [-0.2, -0.15) is 0 Å². The predicted molar refractivity (Wildman–Crippen MR) is 170 cm³/mol. The van der Waals surface area contributed by atoms with E-state index in [0.717, 1.165) is 46.8 Å². The van der Waals surface area contributed by atoms with E-state index in [0.29, 0.717) is 29.2 Å². The first-order chi connectivity index (χ1) is 20.1. The van der Waals surface area contributed by atoms with Crippen LogP contribution in [0.3, 0.4) is 0 Å². The molecule has 4 aliphatic rings. The number of nitrogens with one attached hydrogen (secondary N) is 2. The summed E-state index contributed by atoms with van der Waals surface area (Å²) in [6.07, 6.45) is 14.9. The van der Waals surface area contributed by atoms with Crippen LogP contribution < -0.4 is 10.0 Å². The van der Waals surface area contributed by atoms with Gasteiger partial charge < -0.3 is 5.32 Å². The molecule has 0 saturated heterocycles. The van der Waals surface area contributed by atoms with Crippen molar-refractivity contribution in [3.05, 3.63) is 42.5 Å². The summed E-state index contributed by atoms with van der Waals surface area (Å²) in [5.74, 6) is 5.65. The van der Waals surface area contributed by atoms with Crippen LogP contribution >= 0.6 is 0 Å². The third-order valence-corrected chi connectivity index (χ3v) is 14.5. The fourth-order valence-corrected chi connectivity index (χ4v) is 12.1. The minimum Gasteiger partial charge on any atom is -0.337 e. The Kier molecular flexibility index (Phi) is 8.17. The molecule has 2 aromatic rings. The molecule has 0 bridgehead atoms. The first-order valence-corrected chi connectivity index (χ1v) is 18.3. The molecule has 230 valence electrons. The van der Waals surface area contributed by atoms with Gasteiger partial charge in [0.25, 0.3) is 10.0 Å². The number of carbonyl (C=O) groups excluding carboxylic acids is 1. The van der Waals surface area contributed by atoms with Gasteiger partial charge in [-0.1, -0.05) is 77.3 Å². The Balaban J connectivity index is 1.06. The molecule has 2 N–H and O–H groups in total. The summed E-state index contributed by atoms with van der Waals surface area (Å²) in [6, 6.07) is 11.9. The van der Waals surface area contributed by atoms with Gasteiger partial charge in [-0.25, -0.2) is 17.9 Å². The highest BCUT2D eigenvalue weighted by Gasteiger charge is 2.61. The van der Waals surface area contributed by atoms with Crippen molar-refractivity contribution >= 4 is 26.8 Å². The van der Waals surface area contributed by atoms with Crippen LogP contribution in [0.1, 0.15) is 98.3 Å². The van der Waals surface area contributed by atoms with Crippen molar-refractivity contribution < 1.29 is 13.2 Å². The lowest BCUT2D eigenvalue weighted by Crippen LogP contribution is -2.55. The van der Waals surface area contributed by atoms with Crippen LogP contribution in [0.5, 0.6) is 0 Å². The van der Waals surface area contributed by atoms with Crippen molar-refractivity contribution in [2.45, 2.75) is 103 Å². The molecule has 5 nitrogen and oxygen atoms in total. The van der Waals surface area contributed by atoms with Crippen LogP contribution in [0.25, 0.3) is 10.8 Å². The van der Waals surface area contributed by atoms with E-state index < -0.39 is 16.1 Å². The molecule has 6 rings (SSSR count). The van der Waals surface area contributed by atoms with Gasteiger partial charge in [0.2, 0.25) is 0 Å². The van der Waals surface area contributed by atoms with E-state index in [1.54, 1.807) is 18.2 Å². The molecule has 4 saturated carbocycles. The van der Waals surface area contributed by atoms with Crippen molar-refractivity contribution in [2.75, 3.05) is 6.54 Å². The standard InChI is InChI=1S/C36H52N2O3S/c1-5-25-23-29-32-16-15-30(36(32,4)20-17-33(29)35(3)19-9-8-12-31(25)35)24(2)18-21-37-34(39)38-42(40,41)28-14-13-26-10-6-7-11-27(26)22-28/h6-7,10-11,13-14,22,24-25,29-33H,5,8-9,12,15-21,23H2,1-4H3,(H2,37,38,39)/t24-,25+,29+,30?,31+,32?,33+,35+,36-/m1/s1. The van der Waals surface area contributed by atoms with Crippen molar-refractivity contribution in [1.29, 1.82) is 0 Å². The van der Waals surface area contributed by atoms with E-state index in [4.69, 9.17) is 0 Å². The van der Waals surface area contributed by atoms with Gasteiger partial charge in [-0.3, -0.25) is 0 Å². The SMILES string of the molecule is CC[C@H]1C[C@H]2C3CCC([C@H](C)CCNC(=O)NS(=O)(=O)c4ccc5ccccc5c4)[C@@]3(C)CC[C@@H]2[C@@]2(C)CCCC[C@@H]12. The minimum absolute atomic E-state index is 0.103. The first-order valence-electron chi connectivity index (χ1n) is 16.9. The van der Waals surface area contributed by atoms with Gasteiger partial charge in [0.05, 0.1) is 4.90 Å². The Bertz CT molecular complexity index is 1410. The number of fused-ring (bicyclic) bond motifs is 6. The Morgan fingerprint density at radius 2 is 1.69 bits per heavy atom. The second kappa shape index (κ2) is 11.4. The maximum atomic E-state index is 12.9. The summed E-state index contributed by atoms with van der Waals surface area (Å²) in [4.78, 5) is 12.8. The summed E-state index contributed by atoms with van der Waals surface area (Å²) in [6.45, 7) is 10.6. The molecule has 0 aromatic heterocycles. The molecule has 42 heavy (non-hydrogen) atoms. The molecule has 4 fully saturated rings. The van der Waals surface area contributed by atoms with Crippen molar-refractivity contribution in [3.8, 4) is 0 Å². The highest BCUT2D eigenvalue weighted by Crippen LogP contribution is 2.69. The second-order valence-electron chi connectivity index (χ2n) is 15.0. The average molecular weight is 593 g/mol. The largest absolute Gasteiger partial charge is 0.337 e. The molecular formula is C36H52N2O3S. The quantitative estimate of drug-likeness (QED) is 0.338. The zero-order valence-corrected chi connectivity index (χ0v) is 27.0. The van der Waals surface area contributed by atoms with E-state index in [-0.39, 0.29) is 4.90 Å². The smallest absolute Gasteiger partial charge is 0.328 e. The zero-order chi connectivity index (χ0) is 29.7. The van der Waals surface area contributed by atoms with E-state index >= 15 is 0 Å². The van der Waals surface area contributed by atoms with Crippen LogP contribution in [-0.4, -0.2) is 21.0 Å². The normalized spacial score (nSPS) is 36.9. The highest BCUT2D eigenvalue weighted by molar-refractivity contribution is 7.90. The molecule has 2 amide bonds. The fourth-order valence-electron chi connectivity index (χ4n) is 11.2. The summed E-state index contributed by atoms with van der Waals surface area (Å²) in [7, 11) is -3.94. The molecule has 0 radical (unpaired) electrons. The lowest BCUT2D eigenvalue weighted by atomic mass is 9.42. The van der Waals surface area contributed by atoms with Gasteiger partial charge in [0.1, 0.15) is 0 Å². The van der Waals surface area contributed by atoms with Gasteiger partial charge in [-0.05, 0) is 127 Å². The Hall–Kier alpha value is -2.08. The number of benzene rings is 2. The van der Waals surface area contributed by atoms with Crippen LogP contribution in [0, 0.1) is 52.3 Å². The van der Waals surface area contributed by atoms with Gasteiger partial charge >= 0.3 is 6.03 Å². The van der Waals surface area contributed by atoms with Crippen LogP contribution in [0.4, 0.5) is 4.79 Å². The number of carbonyl (C=O) groups is 1. The molecule has 2 unspecified atom stereocenters. The summed E-state index contributed by atoms with van der Waals surface area (Å²) in [5.41, 5.74) is 0.940. The number of hydrogen-bond acceptors (Lipinski definition) is 3. The maximum Gasteiger partial charge on any atom is 0.328 e. The summed E-state index contributed by atoms with van der Waals surface area (Å²) < 4.78 is 28.0. The van der Waals surface area contributed by atoms with Crippen LogP contribution in [0.2, 0.25) is 0 Å². The molecule has 0 aliphatic heterocycles. The van der Waals surface area contributed by atoms with E-state index in [9.17, 15) is 13.2 Å². The van der Waals surface area contributed by atoms with Crippen LogP contribution in [-0.2, 0) is 10.0 Å². The van der Waals surface area contributed by atoms with E-state index in [1.807, 2.05) is 24.3 Å². The van der Waals surface area contributed by atoms with Gasteiger partial charge in [0.15, 0.2) is 0 Å². The first kappa shape index (κ1) is 30.0. The minimum atomic E-state index is -3.94. The van der Waals surface area contributed by atoms with Crippen molar-refractivity contribution in [3.63, 3.8) is 0 Å². The van der Waals surface area contributed by atoms with Crippen LogP contribution in [0.15, 0.2) is 47.4 Å². The lowest BCUT2D eigenvalue weighted by molar-refractivity contribution is -0.138. The molecule has 0 heterocycles. The monoisotopic (exact) mass is 592 g/mol. The highest BCUT2D eigenvalue weighted by atomic mass is 32.2. The number of rotatable bonds is 7. The number of amides is 2. The lowest BCUT2D eigenvalue weighted by Gasteiger charge is -2.63. The van der Waals surface area contributed by atoms with Gasteiger partial charge in [-0.15, -0.1) is 0 Å². The predicted octanol–water partition coefficient (Wildman–Crippen LogP) is 8.54. The number of hydrogen-bond donors (Lipinski definition) is 2. The maximum absolute atomic E-state index is 12.9. The number of urea groups is 1.